The van der Waals surface area contributed by atoms with Crippen LogP contribution in [0.4, 0.5) is 14.0 Å². The van der Waals surface area contributed by atoms with Gasteiger partial charge in [-0.1, -0.05) is 43.0 Å². The monoisotopic (exact) mass is 539 g/mol. The number of rotatable bonds is 9. The van der Waals surface area contributed by atoms with Crippen LogP contribution in [-0.2, 0) is 9.47 Å². The molecular weight excluding hydrogens is 501 g/mol. The number of hydrogen-bond donors (Lipinski definition) is 0. The van der Waals surface area contributed by atoms with E-state index in [9.17, 15) is 14.0 Å². The maximum absolute atomic E-state index is 13.4. The molecule has 1 saturated carbocycles. The Kier molecular flexibility index (Phi) is 8.77. The second-order valence-corrected chi connectivity index (χ2v) is 11.4. The quantitative estimate of drug-likeness (QED) is 0.375. The van der Waals surface area contributed by atoms with Crippen molar-refractivity contribution < 1.29 is 28.2 Å². The first-order valence-electron chi connectivity index (χ1n) is 13.4. The second-order valence-electron chi connectivity index (χ2n) is 11.4. The fraction of sp³-hybridized carbons (Fsp3) is 0.500. The lowest BCUT2D eigenvalue weighted by Gasteiger charge is -2.44. The molecule has 1 aliphatic carbocycles. The van der Waals surface area contributed by atoms with E-state index in [1.54, 1.807) is 11.0 Å². The number of piperidine rings is 1. The molecule has 2 heterocycles. The van der Waals surface area contributed by atoms with Crippen molar-refractivity contribution in [1.82, 2.24) is 14.8 Å². The summed E-state index contributed by atoms with van der Waals surface area (Å²) < 4.78 is 30.5. The number of hydrogen-bond acceptors (Lipinski definition) is 6. The van der Waals surface area contributed by atoms with Crippen molar-refractivity contribution in [2.24, 2.45) is 5.41 Å². The van der Waals surface area contributed by atoms with E-state index in [0.29, 0.717) is 38.4 Å². The molecule has 0 bridgehead atoms. The molecule has 2 aromatic rings. The van der Waals surface area contributed by atoms with Gasteiger partial charge in [-0.25, -0.2) is 19.0 Å². The molecule has 0 N–H and O–H groups in total. The smallest absolute Gasteiger partial charge is 0.410 e. The summed E-state index contributed by atoms with van der Waals surface area (Å²) in [6, 6.07) is 12.9. The van der Waals surface area contributed by atoms with Crippen LogP contribution in [-0.4, -0.2) is 71.5 Å². The summed E-state index contributed by atoms with van der Waals surface area (Å²) in [6.45, 7) is 10.9. The summed E-state index contributed by atoms with van der Waals surface area (Å²) in [5, 5.41) is 0. The fourth-order valence-corrected chi connectivity index (χ4v) is 4.99. The SMILES string of the molecule is C=CCOC(=O)N(CC1(COc2ccc(F)cn2)CCN(C(=O)OC(C)(C)C)CC1)[C@@H]1CC1c1ccccc1. The normalized spacial score (nSPS) is 20.1. The number of pyridine rings is 1. The lowest BCUT2D eigenvalue weighted by molar-refractivity contribution is -0.00895. The van der Waals surface area contributed by atoms with Gasteiger partial charge in [-0.05, 0) is 51.7 Å². The Bertz CT molecular complexity index is 1130. The number of carbonyl (C=O) groups is 2. The molecule has 9 heteroatoms. The Morgan fingerprint density at radius 1 is 1.18 bits per heavy atom. The van der Waals surface area contributed by atoms with Gasteiger partial charge in [0.2, 0.25) is 5.88 Å². The Morgan fingerprint density at radius 2 is 1.90 bits per heavy atom. The van der Waals surface area contributed by atoms with Gasteiger partial charge in [0.05, 0.1) is 12.8 Å². The summed E-state index contributed by atoms with van der Waals surface area (Å²) >= 11 is 0. The van der Waals surface area contributed by atoms with E-state index in [0.717, 1.165) is 12.6 Å². The molecule has 8 nitrogen and oxygen atoms in total. The standard InChI is InChI=1S/C30H38FN3O5/c1-5-17-37-28(36)34(25-18-24(25)22-9-7-6-8-10-22)20-30(21-38-26-12-11-23(31)19-32-26)13-15-33(16-14-30)27(35)39-29(2,3)4/h5-12,19,24-25H,1,13-18,20-21H2,2-4H3/t24?,25-/m1/s1. The molecule has 2 atom stereocenters. The minimum atomic E-state index is -0.590. The van der Waals surface area contributed by atoms with Crippen LogP contribution in [0.3, 0.4) is 0 Å². The first-order valence-corrected chi connectivity index (χ1v) is 13.4. The molecule has 210 valence electrons. The van der Waals surface area contributed by atoms with Crippen LogP contribution in [0.25, 0.3) is 0 Å². The summed E-state index contributed by atoms with van der Waals surface area (Å²) in [5.41, 5.74) is 0.114. The Balaban J connectivity index is 1.53. The van der Waals surface area contributed by atoms with Gasteiger partial charge in [0.15, 0.2) is 0 Å². The highest BCUT2D eigenvalue weighted by Gasteiger charge is 2.49. The number of halogens is 1. The number of benzene rings is 1. The van der Waals surface area contributed by atoms with Gasteiger partial charge >= 0.3 is 12.2 Å². The largest absolute Gasteiger partial charge is 0.477 e. The number of amides is 2. The maximum Gasteiger partial charge on any atom is 0.410 e. The molecule has 1 aliphatic heterocycles. The van der Waals surface area contributed by atoms with Crippen molar-refractivity contribution in [3.05, 3.63) is 72.7 Å². The molecule has 1 unspecified atom stereocenters. The minimum Gasteiger partial charge on any atom is -0.477 e. The van der Waals surface area contributed by atoms with Crippen molar-refractivity contribution in [2.75, 3.05) is 32.8 Å². The Labute approximate surface area is 229 Å². The third-order valence-electron chi connectivity index (χ3n) is 7.15. The lowest BCUT2D eigenvalue weighted by Crippen LogP contribution is -2.53. The van der Waals surface area contributed by atoms with E-state index < -0.39 is 22.9 Å². The van der Waals surface area contributed by atoms with Crippen LogP contribution in [0.15, 0.2) is 61.3 Å². The third kappa shape index (κ3) is 7.71. The van der Waals surface area contributed by atoms with Gasteiger partial charge in [-0.2, -0.15) is 0 Å². The predicted octanol–water partition coefficient (Wildman–Crippen LogP) is 5.80. The molecule has 39 heavy (non-hydrogen) atoms. The zero-order valence-electron chi connectivity index (χ0n) is 23.0. The molecular formula is C30H38FN3O5. The highest BCUT2D eigenvalue weighted by Crippen LogP contribution is 2.47. The molecule has 0 spiro atoms. The van der Waals surface area contributed by atoms with E-state index in [2.05, 4.69) is 23.7 Å². The van der Waals surface area contributed by atoms with E-state index >= 15 is 0 Å². The highest BCUT2D eigenvalue weighted by atomic mass is 19.1. The van der Waals surface area contributed by atoms with Crippen molar-refractivity contribution in [2.45, 2.75) is 57.6 Å². The van der Waals surface area contributed by atoms with Crippen LogP contribution in [0.5, 0.6) is 5.88 Å². The zero-order valence-corrected chi connectivity index (χ0v) is 23.0. The van der Waals surface area contributed by atoms with Gasteiger partial charge in [-0.15, -0.1) is 0 Å². The summed E-state index contributed by atoms with van der Waals surface area (Å²) in [5.74, 6) is 0.0836. The molecule has 4 rings (SSSR count). The van der Waals surface area contributed by atoms with Gasteiger partial charge < -0.3 is 24.0 Å². The van der Waals surface area contributed by atoms with Crippen LogP contribution >= 0.6 is 0 Å². The molecule has 2 fully saturated rings. The molecule has 0 radical (unpaired) electrons. The van der Waals surface area contributed by atoms with E-state index in [1.165, 1.54) is 17.7 Å². The minimum absolute atomic E-state index is 0.00516. The van der Waals surface area contributed by atoms with Crippen molar-refractivity contribution in [3.8, 4) is 5.88 Å². The van der Waals surface area contributed by atoms with Gasteiger partial charge in [0, 0.05) is 43.1 Å². The summed E-state index contributed by atoms with van der Waals surface area (Å²) in [7, 11) is 0. The second kappa shape index (κ2) is 12.1. The van der Waals surface area contributed by atoms with Crippen molar-refractivity contribution in [1.29, 1.82) is 0 Å². The Morgan fingerprint density at radius 3 is 2.51 bits per heavy atom. The van der Waals surface area contributed by atoms with Gasteiger partial charge in [0.1, 0.15) is 18.0 Å². The van der Waals surface area contributed by atoms with Crippen LogP contribution < -0.4 is 4.74 Å². The van der Waals surface area contributed by atoms with Crippen LogP contribution in [0.2, 0.25) is 0 Å². The van der Waals surface area contributed by atoms with Gasteiger partial charge in [-0.3, -0.25) is 0 Å². The molecule has 2 amide bonds. The molecule has 1 saturated heterocycles. The first-order chi connectivity index (χ1) is 18.6. The number of likely N-dealkylation sites (tertiary alicyclic amines) is 1. The summed E-state index contributed by atoms with van der Waals surface area (Å²) in [4.78, 5) is 33.6. The number of nitrogens with zero attached hydrogens (tertiary/aromatic N) is 3. The van der Waals surface area contributed by atoms with E-state index in [-0.39, 0.29) is 31.3 Å². The average molecular weight is 540 g/mol. The molecule has 2 aliphatic rings. The number of carbonyl (C=O) groups excluding carboxylic acids is 2. The first kappa shape index (κ1) is 28.4. The number of ether oxygens (including phenoxy) is 3. The van der Waals surface area contributed by atoms with Gasteiger partial charge in [0.25, 0.3) is 0 Å². The third-order valence-corrected chi connectivity index (χ3v) is 7.15. The zero-order chi connectivity index (χ0) is 28.0. The maximum atomic E-state index is 13.4. The molecule has 1 aromatic carbocycles. The van der Waals surface area contributed by atoms with Crippen LogP contribution in [0.1, 0.15) is 51.5 Å². The highest BCUT2D eigenvalue weighted by molar-refractivity contribution is 5.69. The van der Waals surface area contributed by atoms with E-state index in [1.807, 2.05) is 43.9 Å². The topological polar surface area (TPSA) is 81.2 Å². The van der Waals surface area contributed by atoms with E-state index in [4.69, 9.17) is 14.2 Å². The van der Waals surface area contributed by atoms with Crippen molar-refractivity contribution >= 4 is 12.2 Å². The van der Waals surface area contributed by atoms with Crippen LogP contribution in [0, 0.1) is 11.2 Å². The number of aromatic nitrogens is 1. The predicted molar refractivity (Wildman–Crippen MR) is 145 cm³/mol. The van der Waals surface area contributed by atoms with Crippen molar-refractivity contribution in [3.63, 3.8) is 0 Å². The Hall–Kier alpha value is -3.62. The fourth-order valence-electron chi connectivity index (χ4n) is 4.99. The summed E-state index contributed by atoms with van der Waals surface area (Å²) in [6.07, 6.45) is 3.92. The molecule has 1 aromatic heterocycles. The lowest BCUT2D eigenvalue weighted by atomic mass is 9.78. The average Bonchev–Trinajstić information content (AvgIpc) is 3.71.